The molecule has 0 unspecified atom stereocenters. The average Bonchev–Trinajstić information content (AvgIpc) is 2.40. The third-order valence-corrected chi connectivity index (χ3v) is 2.78. The third-order valence-electron chi connectivity index (χ3n) is 2.55. The second-order valence-electron chi connectivity index (χ2n) is 3.96. The van der Waals surface area contributed by atoms with Crippen molar-refractivity contribution in [2.24, 2.45) is 0 Å². The quantitative estimate of drug-likeness (QED) is 0.911. The van der Waals surface area contributed by atoms with Crippen molar-refractivity contribution >= 4 is 29.2 Å². The highest BCUT2D eigenvalue weighted by Gasteiger charge is 2.14. The number of halogens is 2. The van der Waals surface area contributed by atoms with Crippen molar-refractivity contribution in [1.82, 2.24) is 0 Å². The van der Waals surface area contributed by atoms with Crippen LogP contribution in [-0.4, -0.2) is 17.0 Å². The van der Waals surface area contributed by atoms with Crippen LogP contribution >= 0.6 is 11.6 Å². The van der Waals surface area contributed by atoms with Crippen molar-refractivity contribution in [3.8, 4) is 0 Å². The summed E-state index contributed by atoms with van der Waals surface area (Å²) in [5, 5.41) is 11.8. The Balaban J connectivity index is 2.30. The van der Waals surface area contributed by atoms with E-state index in [2.05, 4.69) is 5.32 Å². The molecule has 0 aliphatic rings. The van der Waals surface area contributed by atoms with Crippen molar-refractivity contribution in [2.75, 3.05) is 5.32 Å². The number of benzene rings is 2. The van der Waals surface area contributed by atoms with E-state index in [0.717, 1.165) is 12.1 Å². The van der Waals surface area contributed by atoms with Gasteiger partial charge in [0.1, 0.15) is 5.82 Å². The molecule has 0 aromatic heterocycles. The predicted octanol–water partition coefficient (Wildman–Crippen LogP) is 3.43. The zero-order chi connectivity index (χ0) is 14.7. The molecule has 2 aromatic rings. The smallest absolute Gasteiger partial charge is 0.337 e. The Morgan fingerprint density at radius 3 is 2.55 bits per heavy atom. The van der Waals surface area contributed by atoms with E-state index in [1.54, 1.807) is 12.1 Å². The van der Waals surface area contributed by atoms with Gasteiger partial charge in [0.25, 0.3) is 5.91 Å². The maximum atomic E-state index is 13.0. The number of hydrogen-bond acceptors (Lipinski definition) is 2. The number of anilines is 1. The van der Waals surface area contributed by atoms with Crippen LogP contribution in [0.2, 0.25) is 5.02 Å². The van der Waals surface area contributed by atoms with Crippen LogP contribution in [0.5, 0.6) is 0 Å². The van der Waals surface area contributed by atoms with Gasteiger partial charge in [0.2, 0.25) is 0 Å². The molecule has 20 heavy (non-hydrogen) atoms. The number of rotatable bonds is 3. The van der Waals surface area contributed by atoms with Crippen LogP contribution in [0.4, 0.5) is 10.1 Å². The minimum absolute atomic E-state index is 0.0175. The van der Waals surface area contributed by atoms with E-state index in [1.165, 1.54) is 18.2 Å². The van der Waals surface area contributed by atoms with E-state index in [4.69, 9.17) is 16.7 Å². The molecule has 0 saturated heterocycles. The van der Waals surface area contributed by atoms with Crippen molar-refractivity contribution in [1.29, 1.82) is 0 Å². The molecule has 6 heteroatoms. The van der Waals surface area contributed by atoms with Crippen molar-refractivity contribution < 1.29 is 19.1 Å². The Morgan fingerprint density at radius 1 is 1.15 bits per heavy atom. The molecule has 0 heterocycles. The predicted molar refractivity (Wildman–Crippen MR) is 72.8 cm³/mol. The average molecular weight is 294 g/mol. The molecular weight excluding hydrogens is 285 g/mol. The third kappa shape index (κ3) is 3.13. The summed E-state index contributed by atoms with van der Waals surface area (Å²) in [6.07, 6.45) is 0. The first kappa shape index (κ1) is 14.0. The Hall–Kier alpha value is -2.40. The van der Waals surface area contributed by atoms with Gasteiger partial charge in [0.05, 0.1) is 11.3 Å². The summed E-state index contributed by atoms with van der Waals surface area (Å²) in [5.41, 5.74) is -0.0255. The second kappa shape index (κ2) is 5.71. The fraction of sp³-hybridized carbons (Fsp3) is 0. The number of carbonyl (C=O) groups excluding carboxylic acids is 1. The summed E-state index contributed by atoms with van der Waals surface area (Å²) in [4.78, 5) is 23.0. The molecule has 0 spiro atoms. The minimum atomic E-state index is -1.33. The van der Waals surface area contributed by atoms with Crippen molar-refractivity contribution in [2.45, 2.75) is 0 Å². The molecule has 0 fully saturated rings. The molecule has 1 amide bonds. The summed E-state index contributed by atoms with van der Waals surface area (Å²) in [6.45, 7) is 0. The largest absolute Gasteiger partial charge is 0.478 e. The first-order valence-electron chi connectivity index (χ1n) is 5.57. The Bertz CT molecular complexity index is 688. The van der Waals surface area contributed by atoms with E-state index in [-0.39, 0.29) is 16.8 Å². The summed E-state index contributed by atoms with van der Waals surface area (Å²) >= 11 is 5.77. The van der Waals surface area contributed by atoms with Crippen LogP contribution < -0.4 is 5.32 Å². The lowest BCUT2D eigenvalue weighted by Crippen LogP contribution is -2.15. The Morgan fingerprint density at radius 2 is 1.90 bits per heavy atom. The highest BCUT2D eigenvalue weighted by molar-refractivity contribution is 6.31. The summed E-state index contributed by atoms with van der Waals surface area (Å²) < 4.78 is 13.0. The maximum Gasteiger partial charge on any atom is 0.337 e. The van der Waals surface area contributed by atoms with Crippen molar-refractivity contribution in [3.05, 3.63) is 64.4 Å². The molecule has 2 aromatic carbocycles. The zero-order valence-corrected chi connectivity index (χ0v) is 10.8. The van der Waals surface area contributed by atoms with Gasteiger partial charge in [-0.1, -0.05) is 17.7 Å². The number of carbonyl (C=O) groups is 2. The van der Waals surface area contributed by atoms with Gasteiger partial charge >= 0.3 is 5.97 Å². The lowest BCUT2D eigenvalue weighted by Gasteiger charge is -2.08. The van der Waals surface area contributed by atoms with Crippen LogP contribution in [0.1, 0.15) is 20.7 Å². The zero-order valence-electron chi connectivity index (χ0n) is 10.1. The highest BCUT2D eigenvalue weighted by Crippen LogP contribution is 2.19. The standard InChI is InChI=1S/C14H9ClFNO3/c15-9-3-1-2-8(6-9)13(18)17-12-5-4-10(16)7-11(12)14(19)20/h1-7H,(H,17,18)(H,19,20). The molecule has 2 N–H and O–H groups in total. The monoisotopic (exact) mass is 293 g/mol. The van der Waals surface area contributed by atoms with Gasteiger partial charge in [0.15, 0.2) is 0 Å². The van der Waals surface area contributed by atoms with Crippen LogP contribution in [-0.2, 0) is 0 Å². The van der Waals surface area contributed by atoms with Gasteiger partial charge in [-0.05, 0) is 36.4 Å². The van der Waals surface area contributed by atoms with Gasteiger partial charge in [-0.2, -0.15) is 0 Å². The highest BCUT2D eigenvalue weighted by atomic mass is 35.5. The Kier molecular flexibility index (Phi) is 4.00. The molecule has 0 atom stereocenters. The molecule has 0 bridgehead atoms. The van der Waals surface area contributed by atoms with Gasteiger partial charge in [0, 0.05) is 10.6 Å². The maximum absolute atomic E-state index is 13.0. The second-order valence-corrected chi connectivity index (χ2v) is 4.40. The fourth-order valence-electron chi connectivity index (χ4n) is 1.63. The lowest BCUT2D eigenvalue weighted by molar-refractivity contribution is 0.0697. The number of nitrogens with one attached hydrogen (secondary N) is 1. The van der Waals surface area contributed by atoms with Crippen LogP contribution in [0, 0.1) is 5.82 Å². The lowest BCUT2D eigenvalue weighted by atomic mass is 10.1. The molecule has 2 rings (SSSR count). The number of amides is 1. The van der Waals surface area contributed by atoms with E-state index in [0.29, 0.717) is 5.02 Å². The van der Waals surface area contributed by atoms with E-state index >= 15 is 0 Å². The molecule has 4 nitrogen and oxygen atoms in total. The first-order chi connectivity index (χ1) is 9.47. The van der Waals surface area contributed by atoms with Crippen molar-refractivity contribution in [3.63, 3.8) is 0 Å². The van der Waals surface area contributed by atoms with E-state index < -0.39 is 17.7 Å². The molecular formula is C14H9ClFNO3. The van der Waals surface area contributed by atoms with E-state index in [1.807, 2.05) is 0 Å². The van der Waals surface area contributed by atoms with Crippen LogP contribution in [0.3, 0.4) is 0 Å². The molecule has 0 aliphatic carbocycles. The molecule has 0 saturated carbocycles. The van der Waals surface area contributed by atoms with Gasteiger partial charge < -0.3 is 10.4 Å². The van der Waals surface area contributed by atoms with Crippen LogP contribution in [0.15, 0.2) is 42.5 Å². The van der Waals surface area contributed by atoms with Gasteiger partial charge in [-0.25, -0.2) is 9.18 Å². The number of carboxylic acids is 1. The number of aromatic carboxylic acids is 1. The normalized spacial score (nSPS) is 10.1. The summed E-state index contributed by atoms with van der Waals surface area (Å²) in [6, 6.07) is 9.29. The van der Waals surface area contributed by atoms with Crippen LogP contribution in [0.25, 0.3) is 0 Å². The Labute approximate surface area is 118 Å². The molecule has 0 aliphatic heterocycles. The molecule has 0 radical (unpaired) electrons. The first-order valence-corrected chi connectivity index (χ1v) is 5.95. The van der Waals surface area contributed by atoms with Gasteiger partial charge in [-0.3, -0.25) is 4.79 Å². The van der Waals surface area contributed by atoms with E-state index in [9.17, 15) is 14.0 Å². The summed E-state index contributed by atoms with van der Waals surface area (Å²) in [5.74, 6) is -2.55. The summed E-state index contributed by atoms with van der Waals surface area (Å²) in [7, 11) is 0. The fourth-order valence-corrected chi connectivity index (χ4v) is 1.82. The molecule has 102 valence electrons. The minimum Gasteiger partial charge on any atom is -0.478 e. The number of hydrogen-bond donors (Lipinski definition) is 2. The topological polar surface area (TPSA) is 66.4 Å². The number of carboxylic acid groups (broad SMARTS) is 1. The van der Waals surface area contributed by atoms with Gasteiger partial charge in [-0.15, -0.1) is 0 Å². The SMILES string of the molecule is O=C(Nc1ccc(F)cc1C(=O)O)c1cccc(Cl)c1.